The van der Waals surface area contributed by atoms with Crippen molar-refractivity contribution in [2.45, 2.75) is 25.3 Å². The minimum atomic E-state index is -1.44. The summed E-state index contributed by atoms with van der Waals surface area (Å²) in [6.07, 6.45) is 1.44. The Hall–Kier alpha value is -1.95. The van der Waals surface area contributed by atoms with Gasteiger partial charge in [0.1, 0.15) is 17.3 Å². The maximum absolute atomic E-state index is 13.4. The quantitative estimate of drug-likeness (QED) is 0.923. The van der Waals surface area contributed by atoms with Gasteiger partial charge in [0.25, 0.3) is 0 Å². The number of carbonyl (C=O) groups is 1. The molecule has 1 unspecified atom stereocenters. The minimum absolute atomic E-state index is 0.144. The molecule has 4 nitrogen and oxygen atoms in total. The van der Waals surface area contributed by atoms with Gasteiger partial charge in [0.2, 0.25) is 5.91 Å². The van der Waals surface area contributed by atoms with Crippen LogP contribution in [0.3, 0.4) is 0 Å². The third-order valence-corrected chi connectivity index (χ3v) is 4.48. The van der Waals surface area contributed by atoms with Crippen molar-refractivity contribution in [1.29, 1.82) is 0 Å². The predicted octanol–water partition coefficient (Wildman–Crippen LogP) is 2.46. The maximum Gasteiger partial charge on any atom is 0.233 e. The van der Waals surface area contributed by atoms with Crippen molar-refractivity contribution >= 4 is 16.7 Å². The van der Waals surface area contributed by atoms with Crippen molar-refractivity contribution in [2.24, 2.45) is 0 Å². The fourth-order valence-corrected chi connectivity index (χ4v) is 2.88. The van der Waals surface area contributed by atoms with E-state index in [1.54, 1.807) is 32.0 Å². The lowest BCUT2D eigenvalue weighted by molar-refractivity contribution is -0.118. The van der Waals surface area contributed by atoms with Gasteiger partial charge in [-0.3, -0.25) is 9.00 Å². The predicted molar refractivity (Wildman–Crippen MR) is 77.7 cm³/mol. The summed E-state index contributed by atoms with van der Waals surface area (Å²) >= 11 is 0. The Balaban J connectivity index is 1.89. The number of carbonyl (C=O) groups excluding carboxylic acids is 1. The largest absolute Gasteiger partial charge is 0.468 e. The molecular weight excluding hydrogens is 293 g/mol. The molecular formula is C15H16FNO3S. The number of rotatable bonds is 5. The molecule has 1 N–H and O–H groups in total. The molecule has 1 aromatic heterocycles. The van der Waals surface area contributed by atoms with Crippen LogP contribution in [0.1, 0.15) is 16.9 Å². The van der Waals surface area contributed by atoms with Crippen LogP contribution in [0.2, 0.25) is 0 Å². The Bertz CT molecular complexity index is 681. The number of amides is 1. The molecule has 2 aromatic rings. The molecule has 0 aliphatic rings. The van der Waals surface area contributed by atoms with E-state index in [-0.39, 0.29) is 24.0 Å². The molecule has 0 spiro atoms. The van der Waals surface area contributed by atoms with Gasteiger partial charge in [-0.1, -0.05) is 12.1 Å². The molecule has 0 bridgehead atoms. The van der Waals surface area contributed by atoms with Crippen LogP contribution in [0.15, 0.2) is 39.8 Å². The van der Waals surface area contributed by atoms with Crippen molar-refractivity contribution in [3.8, 4) is 0 Å². The van der Waals surface area contributed by atoms with Gasteiger partial charge in [0, 0.05) is 6.54 Å². The van der Waals surface area contributed by atoms with Crippen molar-refractivity contribution in [2.75, 3.05) is 5.75 Å². The number of furan rings is 1. The molecule has 112 valence electrons. The summed E-state index contributed by atoms with van der Waals surface area (Å²) < 4.78 is 30.4. The Morgan fingerprint density at radius 1 is 1.33 bits per heavy atom. The number of aryl methyl sites for hydroxylation is 2. The third kappa shape index (κ3) is 4.01. The summed E-state index contributed by atoms with van der Waals surface area (Å²) in [5.41, 5.74) is 1.22. The van der Waals surface area contributed by atoms with E-state index < -0.39 is 10.8 Å². The zero-order valence-corrected chi connectivity index (χ0v) is 12.6. The molecule has 0 fully saturated rings. The van der Waals surface area contributed by atoms with Crippen LogP contribution in [0.4, 0.5) is 4.39 Å². The first-order valence-corrected chi connectivity index (χ1v) is 7.73. The standard InChI is InChI=1S/C15H16FNO3S/c1-10-3-4-12(7-13(10)16)8-17-15(18)9-21(19)14-5-6-20-11(14)2/h3-7H,8-9H2,1-2H3,(H,17,18). The first-order valence-electron chi connectivity index (χ1n) is 6.41. The van der Waals surface area contributed by atoms with Gasteiger partial charge in [0.15, 0.2) is 0 Å². The second-order valence-electron chi connectivity index (χ2n) is 4.69. The van der Waals surface area contributed by atoms with Gasteiger partial charge in [0.05, 0.1) is 22.0 Å². The second kappa shape index (κ2) is 6.67. The molecule has 0 aliphatic carbocycles. The molecule has 1 aromatic carbocycles. The fraction of sp³-hybridized carbons (Fsp3) is 0.267. The molecule has 1 heterocycles. The van der Waals surface area contributed by atoms with Crippen LogP contribution in [-0.4, -0.2) is 15.9 Å². The second-order valence-corrected chi connectivity index (χ2v) is 6.11. The van der Waals surface area contributed by atoms with Crippen molar-refractivity contribution < 1.29 is 17.8 Å². The zero-order valence-electron chi connectivity index (χ0n) is 11.8. The Morgan fingerprint density at radius 3 is 2.71 bits per heavy atom. The van der Waals surface area contributed by atoms with Crippen molar-refractivity contribution in [3.05, 3.63) is 53.2 Å². The average Bonchev–Trinajstić information content (AvgIpc) is 2.86. The topological polar surface area (TPSA) is 59.3 Å². The number of halogens is 1. The zero-order chi connectivity index (χ0) is 15.4. The summed E-state index contributed by atoms with van der Waals surface area (Å²) in [4.78, 5) is 12.3. The molecule has 0 saturated carbocycles. The smallest absolute Gasteiger partial charge is 0.233 e. The third-order valence-electron chi connectivity index (χ3n) is 3.04. The normalized spacial score (nSPS) is 12.1. The van der Waals surface area contributed by atoms with Crippen molar-refractivity contribution in [1.82, 2.24) is 5.32 Å². The van der Waals surface area contributed by atoms with Crippen LogP contribution < -0.4 is 5.32 Å². The van der Waals surface area contributed by atoms with Crippen LogP contribution in [0.25, 0.3) is 0 Å². The van der Waals surface area contributed by atoms with Gasteiger partial charge in [-0.15, -0.1) is 0 Å². The first kappa shape index (κ1) is 15.4. The Labute approximate surface area is 124 Å². The lowest BCUT2D eigenvalue weighted by Gasteiger charge is -2.06. The number of hydrogen-bond acceptors (Lipinski definition) is 3. The number of benzene rings is 1. The molecule has 2 rings (SSSR count). The highest BCUT2D eigenvalue weighted by Crippen LogP contribution is 2.14. The van der Waals surface area contributed by atoms with Crippen LogP contribution >= 0.6 is 0 Å². The van der Waals surface area contributed by atoms with Gasteiger partial charge in [-0.25, -0.2) is 4.39 Å². The van der Waals surface area contributed by atoms with E-state index in [1.807, 2.05) is 0 Å². The molecule has 1 atom stereocenters. The monoisotopic (exact) mass is 309 g/mol. The SMILES string of the molecule is Cc1ccc(CNC(=O)CS(=O)c2ccoc2C)cc1F. The summed E-state index contributed by atoms with van der Waals surface area (Å²) in [5, 5.41) is 2.63. The molecule has 0 saturated heterocycles. The van der Waals surface area contributed by atoms with E-state index in [2.05, 4.69) is 5.32 Å². The van der Waals surface area contributed by atoms with Crippen LogP contribution in [0, 0.1) is 19.7 Å². The van der Waals surface area contributed by atoms with Gasteiger partial charge in [-0.2, -0.15) is 0 Å². The first-order chi connectivity index (χ1) is 9.97. The maximum atomic E-state index is 13.4. The number of nitrogens with one attached hydrogen (secondary N) is 1. The molecule has 21 heavy (non-hydrogen) atoms. The van der Waals surface area contributed by atoms with E-state index in [4.69, 9.17) is 4.42 Å². The van der Waals surface area contributed by atoms with Crippen LogP contribution in [-0.2, 0) is 22.1 Å². The summed E-state index contributed by atoms with van der Waals surface area (Å²) in [6.45, 7) is 3.58. The van der Waals surface area contributed by atoms with Crippen LogP contribution in [0.5, 0.6) is 0 Å². The summed E-state index contributed by atoms with van der Waals surface area (Å²) in [5.74, 6) is -0.259. The summed E-state index contributed by atoms with van der Waals surface area (Å²) in [6, 6.07) is 6.38. The Kier molecular flexibility index (Phi) is 4.90. The van der Waals surface area contributed by atoms with E-state index in [1.165, 1.54) is 12.3 Å². The highest BCUT2D eigenvalue weighted by Gasteiger charge is 2.14. The van der Waals surface area contributed by atoms with E-state index in [0.29, 0.717) is 21.8 Å². The highest BCUT2D eigenvalue weighted by atomic mass is 32.2. The number of hydrogen-bond donors (Lipinski definition) is 1. The van der Waals surface area contributed by atoms with E-state index in [9.17, 15) is 13.4 Å². The Morgan fingerprint density at radius 2 is 2.10 bits per heavy atom. The van der Waals surface area contributed by atoms with E-state index in [0.717, 1.165) is 0 Å². The van der Waals surface area contributed by atoms with Gasteiger partial charge < -0.3 is 9.73 Å². The molecule has 6 heteroatoms. The van der Waals surface area contributed by atoms with Crippen molar-refractivity contribution in [3.63, 3.8) is 0 Å². The van der Waals surface area contributed by atoms with Gasteiger partial charge >= 0.3 is 0 Å². The fourth-order valence-electron chi connectivity index (χ4n) is 1.80. The molecule has 1 amide bonds. The highest BCUT2D eigenvalue weighted by molar-refractivity contribution is 7.85. The lowest BCUT2D eigenvalue weighted by atomic mass is 10.1. The lowest BCUT2D eigenvalue weighted by Crippen LogP contribution is -2.28. The summed E-state index contributed by atoms with van der Waals surface area (Å²) in [7, 11) is -1.44. The molecule has 0 aliphatic heterocycles. The average molecular weight is 309 g/mol. The van der Waals surface area contributed by atoms with E-state index >= 15 is 0 Å². The van der Waals surface area contributed by atoms with Gasteiger partial charge in [-0.05, 0) is 37.1 Å². The molecule has 0 radical (unpaired) electrons. The minimum Gasteiger partial charge on any atom is -0.468 e.